The minimum atomic E-state index is 0.244. The highest BCUT2D eigenvalue weighted by atomic mass is 35.5. The number of hydrogen-bond acceptors (Lipinski definition) is 2. The minimum absolute atomic E-state index is 0.244. The molecule has 0 atom stereocenters. The minimum Gasteiger partial charge on any atom is -0.508 e. The Hall–Kier alpha value is -2.00. The van der Waals surface area contributed by atoms with Gasteiger partial charge < -0.3 is 9.67 Å². The Labute approximate surface area is 109 Å². The lowest BCUT2D eigenvalue weighted by molar-refractivity contribution is 0.476. The van der Waals surface area contributed by atoms with E-state index in [4.69, 9.17) is 11.6 Å². The summed E-state index contributed by atoms with van der Waals surface area (Å²) in [6.07, 6.45) is 0. The molecule has 0 radical (unpaired) electrons. The van der Waals surface area contributed by atoms with Crippen LogP contribution >= 0.6 is 11.6 Å². The summed E-state index contributed by atoms with van der Waals surface area (Å²) in [5.41, 5.74) is 2.76. The number of imidazole rings is 1. The molecular weight excluding hydrogens is 248 g/mol. The predicted molar refractivity (Wildman–Crippen MR) is 72.8 cm³/mol. The number of aromatic hydroxyl groups is 1. The second-order valence-corrected chi connectivity index (χ2v) is 4.61. The van der Waals surface area contributed by atoms with Crippen molar-refractivity contribution in [2.75, 3.05) is 0 Å². The van der Waals surface area contributed by atoms with E-state index in [1.165, 1.54) is 0 Å². The van der Waals surface area contributed by atoms with Crippen LogP contribution in [-0.4, -0.2) is 14.7 Å². The van der Waals surface area contributed by atoms with Gasteiger partial charge in [-0.3, -0.25) is 0 Å². The molecule has 1 N–H and O–H groups in total. The quantitative estimate of drug-likeness (QED) is 0.724. The maximum absolute atomic E-state index is 9.51. The van der Waals surface area contributed by atoms with E-state index < -0.39 is 0 Å². The number of hydrogen-bond donors (Lipinski definition) is 1. The molecule has 1 heterocycles. The van der Waals surface area contributed by atoms with Crippen molar-refractivity contribution in [3.05, 3.63) is 47.5 Å². The summed E-state index contributed by atoms with van der Waals surface area (Å²) in [7, 11) is 1.93. The third-order valence-electron chi connectivity index (χ3n) is 2.97. The van der Waals surface area contributed by atoms with Gasteiger partial charge in [0.25, 0.3) is 0 Å². The Morgan fingerprint density at radius 2 is 1.83 bits per heavy atom. The molecule has 0 aliphatic heterocycles. The molecule has 0 unspecified atom stereocenters. The zero-order valence-electron chi connectivity index (χ0n) is 9.76. The molecule has 4 heteroatoms. The molecule has 0 aliphatic carbocycles. The van der Waals surface area contributed by atoms with E-state index in [0.717, 1.165) is 22.4 Å². The van der Waals surface area contributed by atoms with Gasteiger partial charge in [0, 0.05) is 23.7 Å². The smallest absolute Gasteiger partial charge is 0.140 e. The van der Waals surface area contributed by atoms with E-state index in [1.54, 1.807) is 12.1 Å². The normalized spacial score (nSPS) is 11.0. The Morgan fingerprint density at radius 1 is 1.11 bits per heavy atom. The Balaban J connectivity index is 2.23. The molecule has 1 aromatic heterocycles. The van der Waals surface area contributed by atoms with Gasteiger partial charge in [0.2, 0.25) is 0 Å². The van der Waals surface area contributed by atoms with Gasteiger partial charge in [-0.15, -0.1) is 0 Å². The van der Waals surface area contributed by atoms with Gasteiger partial charge in [0.15, 0.2) is 0 Å². The number of phenolic OH excluding ortho intramolecular Hbond substituents is 1. The van der Waals surface area contributed by atoms with E-state index in [-0.39, 0.29) is 5.75 Å². The van der Waals surface area contributed by atoms with Crippen molar-refractivity contribution in [3.8, 4) is 17.1 Å². The number of aryl methyl sites for hydroxylation is 1. The topological polar surface area (TPSA) is 38.0 Å². The summed E-state index contributed by atoms with van der Waals surface area (Å²) < 4.78 is 1.96. The van der Waals surface area contributed by atoms with Crippen LogP contribution in [0.15, 0.2) is 42.5 Å². The molecule has 18 heavy (non-hydrogen) atoms. The molecule has 0 saturated carbocycles. The second-order valence-electron chi connectivity index (χ2n) is 4.17. The summed E-state index contributed by atoms with van der Waals surface area (Å²) in [6.45, 7) is 0. The average Bonchev–Trinajstić information content (AvgIpc) is 2.68. The maximum atomic E-state index is 9.51. The highest BCUT2D eigenvalue weighted by molar-refractivity contribution is 6.30. The highest BCUT2D eigenvalue weighted by Gasteiger charge is 2.09. The van der Waals surface area contributed by atoms with E-state index in [1.807, 2.05) is 41.9 Å². The van der Waals surface area contributed by atoms with Gasteiger partial charge in [0.05, 0.1) is 11.0 Å². The first-order chi connectivity index (χ1) is 8.65. The number of phenols is 1. The molecular formula is C14H11ClN2O. The molecule has 3 rings (SSSR count). The largest absolute Gasteiger partial charge is 0.508 e. The molecule has 0 aliphatic rings. The third-order valence-corrected chi connectivity index (χ3v) is 3.22. The van der Waals surface area contributed by atoms with Gasteiger partial charge in [-0.2, -0.15) is 0 Å². The van der Waals surface area contributed by atoms with E-state index >= 15 is 0 Å². The van der Waals surface area contributed by atoms with Crippen molar-refractivity contribution in [3.63, 3.8) is 0 Å². The van der Waals surface area contributed by atoms with Crippen molar-refractivity contribution in [2.24, 2.45) is 7.05 Å². The fraction of sp³-hybridized carbons (Fsp3) is 0.0714. The molecule has 0 spiro atoms. The summed E-state index contributed by atoms with van der Waals surface area (Å²) in [6, 6.07) is 12.7. The highest BCUT2D eigenvalue weighted by Crippen LogP contribution is 2.26. The molecule has 2 aromatic carbocycles. The zero-order chi connectivity index (χ0) is 12.7. The number of nitrogens with zero attached hydrogens (tertiary/aromatic N) is 2. The van der Waals surface area contributed by atoms with Gasteiger partial charge in [0.1, 0.15) is 11.6 Å². The van der Waals surface area contributed by atoms with Gasteiger partial charge in [-0.05, 0) is 36.4 Å². The first-order valence-corrected chi connectivity index (χ1v) is 5.94. The van der Waals surface area contributed by atoms with Crippen LogP contribution in [0.1, 0.15) is 0 Å². The van der Waals surface area contributed by atoms with Crippen LogP contribution in [0.3, 0.4) is 0 Å². The number of halogens is 1. The summed E-state index contributed by atoms with van der Waals surface area (Å²) in [5.74, 6) is 1.10. The summed E-state index contributed by atoms with van der Waals surface area (Å²) in [4.78, 5) is 4.56. The molecule has 0 saturated heterocycles. The van der Waals surface area contributed by atoms with E-state index in [9.17, 15) is 5.11 Å². The number of benzene rings is 2. The zero-order valence-corrected chi connectivity index (χ0v) is 10.5. The number of rotatable bonds is 1. The van der Waals surface area contributed by atoms with Crippen LogP contribution in [0.2, 0.25) is 5.02 Å². The molecule has 90 valence electrons. The van der Waals surface area contributed by atoms with Crippen LogP contribution in [-0.2, 0) is 7.05 Å². The van der Waals surface area contributed by atoms with Crippen molar-refractivity contribution < 1.29 is 5.11 Å². The molecule has 3 nitrogen and oxygen atoms in total. The lowest BCUT2D eigenvalue weighted by Crippen LogP contribution is -1.91. The molecule has 0 amide bonds. The Kier molecular flexibility index (Phi) is 2.49. The second kappa shape index (κ2) is 4.03. The standard InChI is InChI=1S/C14H11ClN2O/c1-17-13-8-11(18)6-7-12(13)16-14(17)9-2-4-10(15)5-3-9/h2-8,18H,1H3. The third kappa shape index (κ3) is 1.73. The van der Waals surface area contributed by atoms with Gasteiger partial charge >= 0.3 is 0 Å². The lowest BCUT2D eigenvalue weighted by Gasteiger charge is -2.02. The van der Waals surface area contributed by atoms with Crippen LogP contribution in [0.4, 0.5) is 0 Å². The van der Waals surface area contributed by atoms with Crippen molar-refractivity contribution >= 4 is 22.6 Å². The van der Waals surface area contributed by atoms with Crippen molar-refractivity contribution in [1.82, 2.24) is 9.55 Å². The van der Waals surface area contributed by atoms with Crippen LogP contribution in [0, 0.1) is 0 Å². The van der Waals surface area contributed by atoms with Crippen molar-refractivity contribution in [2.45, 2.75) is 0 Å². The molecule has 0 fully saturated rings. The fourth-order valence-corrected chi connectivity index (χ4v) is 2.16. The molecule has 0 bridgehead atoms. The fourth-order valence-electron chi connectivity index (χ4n) is 2.04. The van der Waals surface area contributed by atoms with Crippen LogP contribution < -0.4 is 0 Å². The number of fused-ring (bicyclic) bond motifs is 1. The van der Waals surface area contributed by atoms with Gasteiger partial charge in [-0.1, -0.05) is 11.6 Å². The SMILES string of the molecule is Cn1c(-c2ccc(Cl)cc2)nc2ccc(O)cc21. The van der Waals surface area contributed by atoms with Gasteiger partial charge in [-0.25, -0.2) is 4.98 Å². The Morgan fingerprint density at radius 3 is 2.56 bits per heavy atom. The van der Waals surface area contributed by atoms with E-state index in [0.29, 0.717) is 5.02 Å². The first kappa shape index (κ1) is 11.1. The molecule has 3 aromatic rings. The van der Waals surface area contributed by atoms with Crippen LogP contribution in [0.5, 0.6) is 5.75 Å². The first-order valence-electron chi connectivity index (χ1n) is 5.56. The summed E-state index contributed by atoms with van der Waals surface area (Å²) in [5, 5.41) is 10.2. The Bertz CT molecular complexity index is 716. The average molecular weight is 259 g/mol. The van der Waals surface area contributed by atoms with Crippen LogP contribution in [0.25, 0.3) is 22.4 Å². The van der Waals surface area contributed by atoms with Crippen molar-refractivity contribution in [1.29, 1.82) is 0 Å². The maximum Gasteiger partial charge on any atom is 0.140 e. The number of aromatic nitrogens is 2. The predicted octanol–water partition coefficient (Wildman–Crippen LogP) is 3.60. The summed E-state index contributed by atoms with van der Waals surface area (Å²) >= 11 is 5.88. The lowest BCUT2D eigenvalue weighted by atomic mass is 10.2. The monoisotopic (exact) mass is 258 g/mol. The van der Waals surface area contributed by atoms with E-state index in [2.05, 4.69) is 4.98 Å².